The number of allylic oxidation sites excluding steroid dienone is 4. The number of halogens is 7. The van der Waals surface area contributed by atoms with Gasteiger partial charge in [-0.05, 0) is 95.6 Å². The Bertz CT molecular complexity index is 1900. The number of hydrogen-bond acceptors (Lipinski definition) is 3. The number of aryl methyl sites for hydroxylation is 1. The molecule has 0 fully saturated rings. The Kier molecular flexibility index (Phi) is 10.2. The smallest absolute Gasteiger partial charge is 0.311 e. The maximum absolute atomic E-state index is 14.9. The lowest BCUT2D eigenvalue weighted by atomic mass is 9.90. The van der Waals surface area contributed by atoms with Gasteiger partial charge in [-0.1, -0.05) is 36.8 Å². The minimum Gasteiger partial charge on any atom is -0.427 e. The number of rotatable bonds is 10. The fraction of sp³-hybridized carbons (Fsp3) is 0.189. The molecule has 0 bridgehead atoms. The van der Waals surface area contributed by atoms with Gasteiger partial charge in [-0.2, -0.15) is 5.26 Å². The molecule has 0 spiro atoms. The van der Waals surface area contributed by atoms with Crippen LogP contribution in [0, 0.1) is 40.4 Å². The van der Waals surface area contributed by atoms with Crippen molar-refractivity contribution >= 4 is 11.5 Å². The topological polar surface area (TPSA) is 50.1 Å². The molecule has 4 aromatic rings. The lowest BCUT2D eigenvalue weighted by molar-refractivity contribution is -0.134. The third kappa shape index (κ3) is 7.80. The van der Waals surface area contributed by atoms with Crippen LogP contribution in [-0.4, -0.2) is 12.1 Å². The van der Waals surface area contributed by atoms with Crippen LogP contribution in [0.3, 0.4) is 0 Å². The maximum Gasteiger partial charge on any atom is 0.311 e. The van der Waals surface area contributed by atoms with Gasteiger partial charge in [0.05, 0.1) is 5.57 Å². The molecule has 0 saturated carbocycles. The van der Waals surface area contributed by atoms with Crippen LogP contribution >= 0.6 is 0 Å². The van der Waals surface area contributed by atoms with Crippen molar-refractivity contribution in [2.45, 2.75) is 44.7 Å². The number of hydrogen-bond donors (Lipinski definition) is 0. The normalized spacial score (nSPS) is 14.5. The summed E-state index contributed by atoms with van der Waals surface area (Å²) in [5, 5.41) is 8.86. The van der Waals surface area contributed by atoms with Gasteiger partial charge < -0.3 is 4.74 Å². The predicted molar refractivity (Wildman–Crippen MR) is 163 cm³/mol. The van der Waals surface area contributed by atoms with E-state index in [2.05, 4.69) is 0 Å². The first-order chi connectivity index (χ1) is 22.5. The molecule has 0 aromatic heterocycles. The predicted octanol–water partition coefficient (Wildman–Crippen LogP) is 10.3. The summed E-state index contributed by atoms with van der Waals surface area (Å²) in [6.45, 7) is 0. The SMILES string of the molecule is N#CC1=C(F)C=C(c2c(F)cc(-c3ccc(OC(=O)CCCCCc4ccc(-c5ccc(F)c(F)c5)c(F)c4)cc3)cc2F)CC1F. The van der Waals surface area contributed by atoms with Crippen molar-refractivity contribution < 1.29 is 40.3 Å². The number of nitrogens with zero attached hydrogens (tertiary/aromatic N) is 1. The second-order valence-electron chi connectivity index (χ2n) is 11.0. The van der Waals surface area contributed by atoms with E-state index in [1.165, 1.54) is 48.5 Å². The highest BCUT2D eigenvalue weighted by molar-refractivity contribution is 5.76. The zero-order chi connectivity index (χ0) is 33.7. The largest absolute Gasteiger partial charge is 0.427 e. The van der Waals surface area contributed by atoms with E-state index in [0.717, 1.165) is 35.9 Å². The Morgan fingerprint density at radius 2 is 1.43 bits per heavy atom. The van der Waals surface area contributed by atoms with E-state index >= 15 is 0 Å². The van der Waals surface area contributed by atoms with Crippen molar-refractivity contribution in [2.24, 2.45) is 0 Å². The summed E-state index contributed by atoms with van der Waals surface area (Å²) in [5.41, 5.74) is 0.168. The molecule has 10 heteroatoms. The van der Waals surface area contributed by atoms with Crippen molar-refractivity contribution in [3.63, 3.8) is 0 Å². The highest BCUT2D eigenvalue weighted by Gasteiger charge is 2.28. The van der Waals surface area contributed by atoms with Crippen LogP contribution in [0.25, 0.3) is 27.8 Å². The zero-order valence-corrected chi connectivity index (χ0v) is 24.7. The van der Waals surface area contributed by atoms with Crippen LogP contribution in [0.4, 0.5) is 30.7 Å². The summed E-state index contributed by atoms with van der Waals surface area (Å²) < 4.78 is 105. The molecule has 1 atom stereocenters. The summed E-state index contributed by atoms with van der Waals surface area (Å²) in [4.78, 5) is 12.3. The Morgan fingerprint density at radius 3 is 2.06 bits per heavy atom. The molecule has 0 N–H and O–H groups in total. The Labute approximate surface area is 266 Å². The first kappa shape index (κ1) is 33.2. The summed E-state index contributed by atoms with van der Waals surface area (Å²) in [6, 6.07) is 17.2. The standard InChI is InChI=1S/C37H26F7NO2/c38-29-13-9-23(15-33(29)42)27-12-6-21(14-30(27)39)4-2-1-3-5-36(46)47-26-10-7-22(8-11-26)24-16-34(43)37(35(44)17-24)25-18-31(40)28(20-45)32(41)19-25/h6-18,32H,1-5,19H2. The van der Waals surface area contributed by atoms with Crippen molar-refractivity contribution in [1.82, 2.24) is 0 Å². The van der Waals surface area contributed by atoms with E-state index in [-0.39, 0.29) is 34.4 Å². The van der Waals surface area contributed by atoms with E-state index in [0.29, 0.717) is 31.2 Å². The number of alkyl halides is 1. The number of unbranched alkanes of at least 4 members (excludes halogenated alkanes) is 2. The van der Waals surface area contributed by atoms with Gasteiger partial charge in [-0.25, -0.2) is 30.7 Å². The molecule has 1 aliphatic rings. The maximum atomic E-state index is 14.9. The van der Waals surface area contributed by atoms with Gasteiger partial charge in [-0.3, -0.25) is 4.79 Å². The molecular weight excluding hydrogens is 623 g/mol. The lowest BCUT2D eigenvalue weighted by Gasteiger charge is -2.18. The number of carbonyl (C=O) groups excluding carboxylic acids is 1. The van der Waals surface area contributed by atoms with E-state index in [1.807, 2.05) is 0 Å². The van der Waals surface area contributed by atoms with Crippen LogP contribution in [0.15, 0.2) is 90.3 Å². The first-order valence-electron chi connectivity index (χ1n) is 14.7. The second kappa shape index (κ2) is 14.5. The molecule has 0 radical (unpaired) electrons. The van der Waals surface area contributed by atoms with Gasteiger partial charge in [-0.15, -0.1) is 0 Å². The number of nitriles is 1. The molecule has 1 unspecified atom stereocenters. The molecule has 0 amide bonds. The molecule has 0 saturated heterocycles. The van der Waals surface area contributed by atoms with Gasteiger partial charge in [0.25, 0.3) is 0 Å². The van der Waals surface area contributed by atoms with E-state index in [1.54, 1.807) is 6.07 Å². The number of esters is 1. The van der Waals surface area contributed by atoms with Gasteiger partial charge >= 0.3 is 5.97 Å². The fourth-order valence-electron chi connectivity index (χ4n) is 5.36. The molecule has 0 heterocycles. The van der Waals surface area contributed by atoms with Crippen LogP contribution in [0.2, 0.25) is 0 Å². The minimum atomic E-state index is -2.01. The molecule has 3 nitrogen and oxygen atoms in total. The summed E-state index contributed by atoms with van der Waals surface area (Å²) in [5.74, 6) is -6.07. The van der Waals surface area contributed by atoms with E-state index < -0.39 is 64.6 Å². The monoisotopic (exact) mass is 649 g/mol. The summed E-state index contributed by atoms with van der Waals surface area (Å²) >= 11 is 0. The van der Waals surface area contributed by atoms with Crippen molar-refractivity contribution in [3.8, 4) is 34.1 Å². The number of carbonyl (C=O) groups is 1. The van der Waals surface area contributed by atoms with Gasteiger partial charge in [0.1, 0.15) is 41.3 Å². The molecule has 1 aliphatic carbocycles. The van der Waals surface area contributed by atoms with Crippen LogP contribution in [0.5, 0.6) is 5.75 Å². The number of ether oxygens (including phenoxy) is 1. The fourth-order valence-corrected chi connectivity index (χ4v) is 5.36. The van der Waals surface area contributed by atoms with E-state index in [9.17, 15) is 35.5 Å². The van der Waals surface area contributed by atoms with Crippen LogP contribution < -0.4 is 4.74 Å². The van der Waals surface area contributed by atoms with Crippen LogP contribution in [0.1, 0.15) is 43.2 Å². The third-order valence-electron chi connectivity index (χ3n) is 7.78. The van der Waals surface area contributed by atoms with Gasteiger partial charge in [0.15, 0.2) is 11.6 Å². The quantitative estimate of drug-likeness (QED) is 0.0744. The Hall–Kier alpha value is -5.17. The highest BCUT2D eigenvalue weighted by atomic mass is 19.2. The molecule has 0 aliphatic heterocycles. The van der Waals surface area contributed by atoms with Gasteiger partial charge in [0, 0.05) is 24.0 Å². The van der Waals surface area contributed by atoms with Crippen molar-refractivity contribution in [1.29, 1.82) is 5.26 Å². The molecule has 240 valence electrons. The van der Waals surface area contributed by atoms with Crippen molar-refractivity contribution in [2.75, 3.05) is 0 Å². The summed E-state index contributed by atoms with van der Waals surface area (Å²) in [7, 11) is 0. The molecular formula is C37H26F7NO2. The molecule has 5 rings (SSSR count). The average molecular weight is 650 g/mol. The van der Waals surface area contributed by atoms with Gasteiger partial charge in [0.2, 0.25) is 0 Å². The summed E-state index contributed by atoms with van der Waals surface area (Å²) in [6.07, 6.45) is 0.766. The highest BCUT2D eigenvalue weighted by Crippen LogP contribution is 2.37. The second-order valence-corrected chi connectivity index (χ2v) is 11.0. The zero-order valence-electron chi connectivity index (χ0n) is 24.7. The average Bonchev–Trinajstić information content (AvgIpc) is 3.02. The molecule has 47 heavy (non-hydrogen) atoms. The first-order valence-corrected chi connectivity index (χ1v) is 14.7. The van der Waals surface area contributed by atoms with E-state index in [4.69, 9.17) is 10.00 Å². The molecule has 4 aromatic carbocycles. The number of benzene rings is 4. The van der Waals surface area contributed by atoms with Crippen LogP contribution in [-0.2, 0) is 11.2 Å². The Balaban J connectivity index is 1.10. The van der Waals surface area contributed by atoms with Crippen molar-refractivity contribution in [3.05, 3.63) is 130 Å². The third-order valence-corrected chi connectivity index (χ3v) is 7.78. The Morgan fingerprint density at radius 1 is 0.745 bits per heavy atom. The lowest BCUT2D eigenvalue weighted by Crippen LogP contribution is -2.12. The minimum absolute atomic E-state index is 0.129.